The van der Waals surface area contributed by atoms with E-state index in [4.69, 9.17) is 4.74 Å². The van der Waals surface area contributed by atoms with Crippen LogP contribution in [-0.2, 0) is 4.74 Å². The molecule has 0 aromatic heterocycles. The van der Waals surface area contributed by atoms with Gasteiger partial charge >= 0.3 is 0 Å². The molecule has 0 saturated heterocycles. The quantitative estimate of drug-likeness (QED) is 0.852. The lowest BCUT2D eigenvalue weighted by Crippen LogP contribution is -2.02. The van der Waals surface area contributed by atoms with Crippen LogP contribution in [0.5, 0.6) is 0 Å². The van der Waals surface area contributed by atoms with Crippen LogP contribution in [0.25, 0.3) is 10.8 Å². The maximum Gasteiger partial charge on any atom is 0.136 e. The third kappa shape index (κ3) is 1.81. The van der Waals surface area contributed by atoms with E-state index in [0.717, 1.165) is 22.8 Å². The Hall–Kier alpha value is -1.80. The van der Waals surface area contributed by atoms with Crippen LogP contribution in [0.1, 0.15) is 18.1 Å². The van der Waals surface area contributed by atoms with E-state index < -0.39 is 6.10 Å². The second kappa shape index (κ2) is 4.22. The maximum atomic E-state index is 10.3. The van der Waals surface area contributed by atoms with Crippen molar-refractivity contribution >= 4 is 10.8 Å². The number of hydrogen-bond donors (Lipinski definition) is 1. The first-order chi connectivity index (χ1) is 8.36. The second-order valence-corrected chi connectivity index (χ2v) is 4.21. The van der Waals surface area contributed by atoms with E-state index in [1.807, 2.05) is 36.4 Å². The second-order valence-electron chi connectivity index (χ2n) is 4.21. The average molecular weight is 226 g/mol. The fourth-order valence-electron chi connectivity index (χ4n) is 2.27. The van der Waals surface area contributed by atoms with E-state index >= 15 is 0 Å². The number of rotatable bonds is 2. The van der Waals surface area contributed by atoms with E-state index in [1.165, 1.54) is 0 Å². The number of benzene rings is 2. The Labute approximate surface area is 100 Å². The minimum absolute atomic E-state index is 0.649. The summed E-state index contributed by atoms with van der Waals surface area (Å²) in [6.07, 6.45) is 2.20. The molecular weight excluding hydrogens is 212 g/mol. The smallest absolute Gasteiger partial charge is 0.136 e. The zero-order chi connectivity index (χ0) is 11.7. The van der Waals surface area contributed by atoms with E-state index in [2.05, 4.69) is 12.1 Å². The van der Waals surface area contributed by atoms with E-state index in [9.17, 15) is 5.11 Å². The van der Waals surface area contributed by atoms with Gasteiger partial charge in [0, 0.05) is 6.42 Å². The Kier molecular flexibility index (Phi) is 2.57. The molecule has 0 bridgehead atoms. The molecule has 1 aliphatic rings. The molecule has 1 heterocycles. The largest absolute Gasteiger partial charge is 0.495 e. The van der Waals surface area contributed by atoms with Gasteiger partial charge in [-0.3, -0.25) is 0 Å². The normalized spacial score (nSPS) is 16.6. The van der Waals surface area contributed by atoms with Gasteiger partial charge in [0.05, 0.1) is 6.61 Å². The monoisotopic (exact) mass is 226 g/mol. The van der Waals surface area contributed by atoms with Crippen LogP contribution in [0.4, 0.5) is 0 Å². The van der Waals surface area contributed by atoms with Crippen molar-refractivity contribution in [3.05, 3.63) is 59.9 Å². The summed E-state index contributed by atoms with van der Waals surface area (Å²) in [6.45, 7) is 0.678. The lowest BCUT2D eigenvalue weighted by Gasteiger charge is -2.14. The summed E-state index contributed by atoms with van der Waals surface area (Å²) >= 11 is 0. The molecule has 2 aromatic rings. The van der Waals surface area contributed by atoms with Crippen LogP contribution in [0.15, 0.2) is 54.3 Å². The summed E-state index contributed by atoms with van der Waals surface area (Å²) in [6, 6.07) is 14.0. The van der Waals surface area contributed by atoms with Crippen molar-refractivity contribution in [3.63, 3.8) is 0 Å². The Morgan fingerprint density at radius 2 is 1.88 bits per heavy atom. The molecule has 1 aliphatic heterocycles. The molecule has 2 aromatic carbocycles. The highest BCUT2D eigenvalue weighted by atomic mass is 16.5. The van der Waals surface area contributed by atoms with Gasteiger partial charge in [-0.2, -0.15) is 0 Å². The zero-order valence-corrected chi connectivity index (χ0v) is 9.47. The Morgan fingerprint density at radius 3 is 2.71 bits per heavy atom. The summed E-state index contributed by atoms with van der Waals surface area (Å²) in [5.41, 5.74) is 0.913. The van der Waals surface area contributed by atoms with Gasteiger partial charge in [-0.05, 0) is 22.4 Å². The molecule has 0 fully saturated rings. The lowest BCUT2D eigenvalue weighted by molar-refractivity contribution is 0.120. The number of ether oxygens (including phenoxy) is 1. The summed E-state index contributed by atoms with van der Waals surface area (Å²) in [5.74, 6) is 0.682. The summed E-state index contributed by atoms with van der Waals surface area (Å²) in [5, 5.41) is 12.5. The average Bonchev–Trinajstić information content (AvgIpc) is 2.91. The van der Waals surface area contributed by atoms with Gasteiger partial charge in [-0.15, -0.1) is 0 Å². The molecule has 0 radical (unpaired) electrons. The van der Waals surface area contributed by atoms with Crippen molar-refractivity contribution in [2.45, 2.75) is 12.5 Å². The number of fused-ring (bicyclic) bond motifs is 1. The fourth-order valence-corrected chi connectivity index (χ4v) is 2.27. The van der Waals surface area contributed by atoms with Crippen LogP contribution in [0, 0.1) is 0 Å². The van der Waals surface area contributed by atoms with Crippen LogP contribution in [-0.4, -0.2) is 11.7 Å². The van der Waals surface area contributed by atoms with Crippen LogP contribution >= 0.6 is 0 Å². The van der Waals surface area contributed by atoms with Crippen LogP contribution in [0.3, 0.4) is 0 Å². The number of hydrogen-bond acceptors (Lipinski definition) is 2. The standard InChI is InChI=1S/C15H14O2/c16-15(14-9-4-10-17-14)13-8-3-6-11-5-1-2-7-12(11)13/h1-3,5-9,15-16H,4,10H2. The highest BCUT2D eigenvalue weighted by Crippen LogP contribution is 2.31. The molecule has 0 saturated carbocycles. The first-order valence-corrected chi connectivity index (χ1v) is 5.85. The molecule has 2 heteroatoms. The van der Waals surface area contributed by atoms with Crippen molar-refractivity contribution in [1.29, 1.82) is 0 Å². The van der Waals surface area contributed by atoms with E-state index in [-0.39, 0.29) is 0 Å². The molecule has 0 spiro atoms. The van der Waals surface area contributed by atoms with Crippen molar-refractivity contribution in [2.75, 3.05) is 6.61 Å². The molecular formula is C15H14O2. The molecule has 2 nitrogen and oxygen atoms in total. The van der Waals surface area contributed by atoms with Crippen LogP contribution < -0.4 is 0 Å². The summed E-state index contributed by atoms with van der Waals surface area (Å²) < 4.78 is 5.43. The van der Waals surface area contributed by atoms with E-state index in [1.54, 1.807) is 0 Å². The van der Waals surface area contributed by atoms with Crippen molar-refractivity contribution in [2.24, 2.45) is 0 Å². The van der Waals surface area contributed by atoms with Gasteiger partial charge in [0.1, 0.15) is 11.9 Å². The molecule has 0 aliphatic carbocycles. The first kappa shape index (κ1) is 10.4. The van der Waals surface area contributed by atoms with Gasteiger partial charge < -0.3 is 9.84 Å². The molecule has 1 atom stereocenters. The van der Waals surface area contributed by atoms with Crippen molar-refractivity contribution < 1.29 is 9.84 Å². The van der Waals surface area contributed by atoms with Gasteiger partial charge in [0.2, 0.25) is 0 Å². The third-order valence-electron chi connectivity index (χ3n) is 3.12. The van der Waals surface area contributed by atoms with Crippen molar-refractivity contribution in [3.8, 4) is 0 Å². The molecule has 0 amide bonds. The molecule has 1 N–H and O–H groups in total. The Morgan fingerprint density at radius 1 is 1.06 bits per heavy atom. The maximum absolute atomic E-state index is 10.3. The zero-order valence-electron chi connectivity index (χ0n) is 9.47. The van der Waals surface area contributed by atoms with Gasteiger partial charge in [0.25, 0.3) is 0 Å². The predicted molar refractivity (Wildman–Crippen MR) is 67.6 cm³/mol. The third-order valence-corrected chi connectivity index (χ3v) is 3.12. The molecule has 86 valence electrons. The predicted octanol–water partition coefficient (Wildman–Crippen LogP) is 3.18. The SMILES string of the molecule is OC(C1=CCCO1)c1cccc2ccccc12. The van der Waals surface area contributed by atoms with Gasteiger partial charge in [0.15, 0.2) is 0 Å². The molecule has 1 unspecified atom stereocenters. The fraction of sp³-hybridized carbons (Fsp3) is 0.200. The first-order valence-electron chi connectivity index (χ1n) is 5.85. The van der Waals surface area contributed by atoms with Gasteiger partial charge in [-0.1, -0.05) is 42.5 Å². The number of aliphatic hydroxyl groups is 1. The summed E-state index contributed by atoms with van der Waals surface area (Å²) in [4.78, 5) is 0. The Balaban J connectivity index is 2.10. The minimum Gasteiger partial charge on any atom is -0.495 e. The van der Waals surface area contributed by atoms with Gasteiger partial charge in [-0.25, -0.2) is 0 Å². The Bertz CT molecular complexity index is 567. The minimum atomic E-state index is -0.649. The summed E-state index contributed by atoms with van der Waals surface area (Å²) in [7, 11) is 0. The lowest BCUT2D eigenvalue weighted by atomic mass is 9.99. The molecule has 17 heavy (non-hydrogen) atoms. The van der Waals surface area contributed by atoms with Crippen LogP contribution in [0.2, 0.25) is 0 Å². The highest BCUT2D eigenvalue weighted by molar-refractivity contribution is 5.86. The number of aliphatic hydroxyl groups excluding tert-OH is 1. The molecule has 3 rings (SSSR count). The topological polar surface area (TPSA) is 29.5 Å². The van der Waals surface area contributed by atoms with E-state index in [0.29, 0.717) is 12.4 Å². The highest BCUT2D eigenvalue weighted by Gasteiger charge is 2.19. The van der Waals surface area contributed by atoms with Crippen molar-refractivity contribution in [1.82, 2.24) is 0 Å².